The minimum Gasteiger partial charge on any atom is -0.329 e. The molecule has 3 nitrogen and oxygen atoms in total. The van der Waals surface area contributed by atoms with Crippen LogP contribution < -0.4 is 11.1 Å². The Bertz CT molecular complexity index is 453. The van der Waals surface area contributed by atoms with Crippen LogP contribution in [0.25, 0.3) is 0 Å². The highest BCUT2D eigenvalue weighted by molar-refractivity contribution is 5.96. The zero-order chi connectivity index (χ0) is 13.2. The summed E-state index contributed by atoms with van der Waals surface area (Å²) in [4.78, 5) is 12.4. The molecule has 2 rings (SSSR count). The second kappa shape index (κ2) is 6.40. The molecule has 0 unspecified atom stereocenters. The van der Waals surface area contributed by atoms with Crippen LogP contribution in [0.4, 0.5) is 5.69 Å². The molecule has 1 aromatic rings. The van der Waals surface area contributed by atoms with Crippen LogP contribution in [0.5, 0.6) is 0 Å². The Morgan fingerprint density at radius 2 is 1.95 bits per heavy atom. The van der Waals surface area contributed by atoms with E-state index in [1.165, 1.54) is 5.56 Å². The lowest BCUT2D eigenvalue weighted by atomic mass is 9.85. The summed E-state index contributed by atoms with van der Waals surface area (Å²) in [5.41, 5.74) is 8.74. The van der Waals surface area contributed by atoms with Crippen LogP contribution in [0.1, 0.15) is 36.8 Å². The van der Waals surface area contributed by atoms with E-state index in [1.54, 1.807) is 0 Å². The van der Waals surface area contributed by atoms with Crippen LogP contribution >= 0.6 is 12.4 Å². The van der Waals surface area contributed by atoms with Gasteiger partial charge in [-0.25, -0.2) is 0 Å². The topological polar surface area (TPSA) is 55.1 Å². The molecule has 1 fully saturated rings. The SMILES string of the molecule is Cc1cccc(NC(=O)C2(CN)CCCC2)c1C.Cl. The van der Waals surface area contributed by atoms with Gasteiger partial charge in [-0.15, -0.1) is 12.4 Å². The number of carbonyl (C=O) groups excluding carboxylic acids is 1. The predicted octanol–water partition coefficient (Wildman–Crippen LogP) is 3.18. The van der Waals surface area contributed by atoms with Gasteiger partial charge in [-0.05, 0) is 43.9 Å². The Morgan fingerprint density at radius 1 is 1.32 bits per heavy atom. The van der Waals surface area contributed by atoms with Crippen molar-refractivity contribution in [1.82, 2.24) is 0 Å². The Hall–Kier alpha value is -1.06. The van der Waals surface area contributed by atoms with E-state index in [2.05, 4.69) is 18.3 Å². The van der Waals surface area contributed by atoms with Gasteiger partial charge in [0.25, 0.3) is 0 Å². The van der Waals surface area contributed by atoms with Crippen molar-refractivity contribution >= 4 is 24.0 Å². The van der Waals surface area contributed by atoms with E-state index in [-0.39, 0.29) is 23.7 Å². The third kappa shape index (κ3) is 3.10. The van der Waals surface area contributed by atoms with Crippen molar-refractivity contribution in [2.45, 2.75) is 39.5 Å². The number of nitrogens with two attached hydrogens (primary N) is 1. The molecule has 4 heteroatoms. The van der Waals surface area contributed by atoms with Gasteiger partial charge < -0.3 is 11.1 Å². The summed E-state index contributed by atoms with van der Waals surface area (Å²) in [6.45, 7) is 4.54. The lowest BCUT2D eigenvalue weighted by Gasteiger charge is -2.26. The fraction of sp³-hybridized carbons (Fsp3) is 0.533. The number of amides is 1. The number of nitrogens with one attached hydrogen (secondary N) is 1. The van der Waals surface area contributed by atoms with Gasteiger partial charge in [-0.1, -0.05) is 25.0 Å². The zero-order valence-corrected chi connectivity index (χ0v) is 12.5. The van der Waals surface area contributed by atoms with Crippen LogP contribution in [0.2, 0.25) is 0 Å². The maximum absolute atomic E-state index is 12.4. The second-order valence-electron chi connectivity index (χ2n) is 5.39. The summed E-state index contributed by atoms with van der Waals surface area (Å²) in [6.07, 6.45) is 4.05. The molecule has 1 aromatic carbocycles. The average Bonchev–Trinajstić information content (AvgIpc) is 2.85. The van der Waals surface area contributed by atoms with E-state index in [4.69, 9.17) is 5.73 Å². The number of aryl methyl sites for hydroxylation is 1. The molecule has 0 saturated heterocycles. The normalized spacial score (nSPS) is 16.8. The molecule has 1 amide bonds. The van der Waals surface area contributed by atoms with Gasteiger partial charge in [0.15, 0.2) is 0 Å². The standard InChI is InChI=1S/C15H22N2O.ClH/c1-11-6-5-7-13(12(11)2)17-14(18)15(10-16)8-3-4-9-15;/h5-7H,3-4,8-10,16H2,1-2H3,(H,17,18);1H. The van der Waals surface area contributed by atoms with Crippen molar-refractivity contribution < 1.29 is 4.79 Å². The molecule has 1 aliphatic carbocycles. The number of rotatable bonds is 3. The molecule has 0 bridgehead atoms. The van der Waals surface area contributed by atoms with Gasteiger partial charge >= 0.3 is 0 Å². The number of hydrogen-bond donors (Lipinski definition) is 2. The number of hydrogen-bond acceptors (Lipinski definition) is 2. The van der Waals surface area contributed by atoms with Crippen molar-refractivity contribution in [2.24, 2.45) is 11.1 Å². The van der Waals surface area contributed by atoms with E-state index in [1.807, 2.05) is 19.1 Å². The number of anilines is 1. The van der Waals surface area contributed by atoms with E-state index >= 15 is 0 Å². The van der Waals surface area contributed by atoms with Crippen LogP contribution in [-0.4, -0.2) is 12.5 Å². The van der Waals surface area contributed by atoms with E-state index in [0.29, 0.717) is 6.54 Å². The minimum absolute atomic E-state index is 0. The molecule has 0 atom stereocenters. The Kier molecular flexibility index (Phi) is 5.39. The molecular formula is C15H23ClN2O. The zero-order valence-electron chi connectivity index (χ0n) is 11.7. The first-order valence-corrected chi connectivity index (χ1v) is 6.67. The van der Waals surface area contributed by atoms with Gasteiger partial charge in [-0.3, -0.25) is 4.79 Å². The summed E-state index contributed by atoms with van der Waals surface area (Å²) in [6, 6.07) is 5.99. The van der Waals surface area contributed by atoms with Crippen molar-refractivity contribution in [2.75, 3.05) is 11.9 Å². The fourth-order valence-electron chi connectivity index (χ4n) is 2.72. The molecule has 0 heterocycles. The molecule has 1 saturated carbocycles. The quantitative estimate of drug-likeness (QED) is 0.895. The summed E-state index contributed by atoms with van der Waals surface area (Å²) in [5.74, 6) is 0.0937. The van der Waals surface area contributed by atoms with Crippen LogP contribution in [0.15, 0.2) is 18.2 Å². The largest absolute Gasteiger partial charge is 0.329 e. The highest BCUT2D eigenvalue weighted by Gasteiger charge is 2.39. The first kappa shape index (κ1) is 16.0. The number of carbonyl (C=O) groups is 1. The Balaban J connectivity index is 0.00000180. The summed E-state index contributed by atoms with van der Waals surface area (Å²) >= 11 is 0. The molecule has 106 valence electrons. The van der Waals surface area contributed by atoms with Gasteiger partial charge in [0, 0.05) is 12.2 Å². The molecule has 0 aromatic heterocycles. The lowest BCUT2D eigenvalue weighted by Crippen LogP contribution is -2.40. The van der Waals surface area contributed by atoms with Gasteiger partial charge in [0.1, 0.15) is 0 Å². The van der Waals surface area contributed by atoms with Crippen LogP contribution in [0.3, 0.4) is 0 Å². The molecule has 3 N–H and O–H groups in total. The second-order valence-corrected chi connectivity index (χ2v) is 5.39. The Morgan fingerprint density at radius 3 is 2.53 bits per heavy atom. The molecule has 1 aliphatic rings. The van der Waals surface area contributed by atoms with Gasteiger partial charge in [0.05, 0.1) is 5.41 Å². The Labute approximate surface area is 121 Å². The molecule has 0 spiro atoms. The number of halogens is 1. The molecular weight excluding hydrogens is 260 g/mol. The molecule has 0 radical (unpaired) electrons. The third-order valence-corrected chi connectivity index (χ3v) is 4.29. The van der Waals surface area contributed by atoms with Crippen molar-refractivity contribution in [3.8, 4) is 0 Å². The molecule has 19 heavy (non-hydrogen) atoms. The molecule has 0 aliphatic heterocycles. The maximum Gasteiger partial charge on any atom is 0.231 e. The van der Waals surface area contributed by atoms with E-state index in [9.17, 15) is 4.79 Å². The average molecular weight is 283 g/mol. The monoisotopic (exact) mass is 282 g/mol. The first-order chi connectivity index (χ1) is 8.59. The van der Waals surface area contributed by atoms with Gasteiger partial charge in [0.2, 0.25) is 5.91 Å². The highest BCUT2D eigenvalue weighted by atomic mass is 35.5. The first-order valence-electron chi connectivity index (χ1n) is 6.67. The third-order valence-electron chi connectivity index (χ3n) is 4.29. The number of benzene rings is 1. The highest BCUT2D eigenvalue weighted by Crippen LogP contribution is 2.38. The van der Waals surface area contributed by atoms with Crippen LogP contribution in [-0.2, 0) is 4.79 Å². The van der Waals surface area contributed by atoms with E-state index < -0.39 is 0 Å². The van der Waals surface area contributed by atoms with Crippen molar-refractivity contribution in [3.05, 3.63) is 29.3 Å². The smallest absolute Gasteiger partial charge is 0.231 e. The van der Waals surface area contributed by atoms with Crippen molar-refractivity contribution in [1.29, 1.82) is 0 Å². The van der Waals surface area contributed by atoms with Crippen LogP contribution in [0, 0.1) is 19.3 Å². The van der Waals surface area contributed by atoms with Crippen molar-refractivity contribution in [3.63, 3.8) is 0 Å². The fourth-order valence-corrected chi connectivity index (χ4v) is 2.72. The summed E-state index contributed by atoms with van der Waals surface area (Å²) in [5, 5.41) is 3.07. The predicted molar refractivity (Wildman–Crippen MR) is 81.7 cm³/mol. The lowest BCUT2D eigenvalue weighted by molar-refractivity contribution is -0.124. The minimum atomic E-state index is -0.337. The maximum atomic E-state index is 12.4. The van der Waals surface area contributed by atoms with Gasteiger partial charge in [-0.2, -0.15) is 0 Å². The summed E-state index contributed by atoms with van der Waals surface area (Å²) in [7, 11) is 0. The van der Waals surface area contributed by atoms with E-state index in [0.717, 1.165) is 36.9 Å². The summed E-state index contributed by atoms with van der Waals surface area (Å²) < 4.78 is 0.